The van der Waals surface area contributed by atoms with Crippen molar-refractivity contribution in [1.29, 1.82) is 0 Å². The Hall–Kier alpha value is -3.45. The first-order valence-corrected chi connectivity index (χ1v) is 10.1. The summed E-state index contributed by atoms with van der Waals surface area (Å²) in [5.74, 6) is -0.887. The number of carbonyl (C=O) groups excluding carboxylic acids is 3. The van der Waals surface area contributed by atoms with Gasteiger partial charge in [-0.05, 0) is 41.8 Å². The first kappa shape index (κ1) is 18.9. The fraction of sp³-hybridized carbons (Fsp3) is 0.136. The van der Waals surface area contributed by atoms with Gasteiger partial charge in [0.05, 0.1) is 10.8 Å². The van der Waals surface area contributed by atoms with E-state index in [9.17, 15) is 14.4 Å². The molecule has 2 heterocycles. The second kappa shape index (κ2) is 8.28. The lowest BCUT2D eigenvalue weighted by Gasteiger charge is -2.16. The zero-order chi connectivity index (χ0) is 20.2. The quantitative estimate of drug-likeness (QED) is 0.674. The molecule has 1 saturated heterocycles. The molecule has 0 aliphatic carbocycles. The van der Waals surface area contributed by atoms with Gasteiger partial charge in [-0.1, -0.05) is 30.3 Å². The maximum Gasteiger partial charge on any atom is 0.265 e. The van der Waals surface area contributed by atoms with Crippen LogP contribution >= 0.6 is 11.3 Å². The van der Waals surface area contributed by atoms with Gasteiger partial charge in [0.1, 0.15) is 0 Å². The lowest BCUT2D eigenvalue weighted by Crippen LogP contribution is -2.28. The summed E-state index contributed by atoms with van der Waals surface area (Å²) < 4.78 is 0. The monoisotopic (exact) mass is 405 g/mol. The Morgan fingerprint density at radius 1 is 0.931 bits per heavy atom. The summed E-state index contributed by atoms with van der Waals surface area (Å²) in [4.78, 5) is 39.5. The summed E-state index contributed by atoms with van der Waals surface area (Å²) in [7, 11) is 0. The van der Waals surface area contributed by atoms with E-state index in [1.165, 1.54) is 11.3 Å². The molecule has 1 aromatic heterocycles. The summed E-state index contributed by atoms with van der Waals surface area (Å²) in [5, 5.41) is 7.52. The van der Waals surface area contributed by atoms with Crippen LogP contribution in [0.15, 0.2) is 72.1 Å². The van der Waals surface area contributed by atoms with Crippen LogP contribution in [-0.4, -0.2) is 24.3 Å². The Morgan fingerprint density at radius 3 is 2.41 bits per heavy atom. The molecule has 0 spiro atoms. The summed E-state index contributed by atoms with van der Waals surface area (Å²) in [6.45, 7) is 0.351. The second-order valence-electron chi connectivity index (χ2n) is 6.74. The smallest absolute Gasteiger partial charge is 0.265 e. The third-order valence-electron chi connectivity index (χ3n) is 4.70. The van der Waals surface area contributed by atoms with Gasteiger partial charge < -0.3 is 15.5 Å². The van der Waals surface area contributed by atoms with Crippen molar-refractivity contribution in [3.63, 3.8) is 0 Å². The van der Waals surface area contributed by atoms with Gasteiger partial charge in [0.2, 0.25) is 11.8 Å². The molecule has 0 bridgehead atoms. The lowest BCUT2D eigenvalue weighted by atomic mass is 10.1. The van der Waals surface area contributed by atoms with E-state index in [2.05, 4.69) is 10.6 Å². The summed E-state index contributed by atoms with van der Waals surface area (Å²) >= 11 is 1.36. The van der Waals surface area contributed by atoms with Gasteiger partial charge in [-0.3, -0.25) is 14.4 Å². The van der Waals surface area contributed by atoms with E-state index in [0.29, 0.717) is 22.8 Å². The molecule has 1 unspecified atom stereocenters. The number of thiophene rings is 1. The highest BCUT2D eigenvalue weighted by Crippen LogP contribution is 2.26. The number of rotatable bonds is 5. The Bertz CT molecular complexity index is 1030. The van der Waals surface area contributed by atoms with E-state index in [4.69, 9.17) is 0 Å². The third-order valence-corrected chi connectivity index (χ3v) is 5.57. The van der Waals surface area contributed by atoms with Crippen LogP contribution in [0.5, 0.6) is 0 Å². The Balaban J connectivity index is 1.40. The molecule has 0 saturated carbocycles. The molecule has 4 rings (SSSR count). The maximum absolute atomic E-state index is 12.7. The highest BCUT2D eigenvalue weighted by molar-refractivity contribution is 7.12. The minimum Gasteiger partial charge on any atom is -0.326 e. The molecular formula is C22H19N3O3S. The zero-order valence-corrected chi connectivity index (χ0v) is 16.3. The number of para-hydroxylation sites is 1. The van der Waals surface area contributed by atoms with E-state index < -0.39 is 5.92 Å². The zero-order valence-electron chi connectivity index (χ0n) is 15.5. The van der Waals surface area contributed by atoms with Gasteiger partial charge in [-0.15, -0.1) is 11.3 Å². The summed E-state index contributed by atoms with van der Waals surface area (Å²) in [5.41, 5.74) is 1.96. The molecule has 2 aromatic carbocycles. The Labute approximate surface area is 172 Å². The van der Waals surface area contributed by atoms with Crippen molar-refractivity contribution in [2.75, 3.05) is 22.1 Å². The fourth-order valence-electron chi connectivity index (χ4n) is 3.26. The number of nitrogens with zero attached hydrogens (tertiary/aromatic N) is 1. The number of amides is 3. The minimum atomic E-state index is -0.424. The van der Waals surface area contributed by atoms with Gasteiger partial charge in [0.15, 0.2) is 0 Å². The standard InChI is InChI=1S/C22H19N3O3S/c26-20-12-15(14-25(20)18-8-2-1-3-9-18)21(27)23-16-6-4-7-17(13-16)24-22(28)19-10-5-11-29-19/h1-11,13,15H,12,14H2,(H,23,27)(H,24,28). The molecule has 1 fully saturated rings. The highest BCUT2D eigenvalue weighted by atomic mass is 32.1. The van der Waals surface area contributed by atoms with Crippen molar-refractivity contribution in [1.82, 2.24) is 0 Å². The predicted molar refractivity (Wildman–Crippen MR) is 114 cm³/mol. The molecule has 1 atom stereocenters. The van der Waals surface area contributed by atoms with Crippen LogP contribution in [0.25, 0.3) is 0 Å². The number of anilines is 3. The van der Waals surface area contributed by atoms with E-state index >= 15 is 0 Å². The van der Waals surface area contributed by atoms with Crippen molar-refractivity contribution in [2.24, 2.45) is 5.92 Å². The van der Waals surface area contributed by atoms with Crippen LogP contribution in [0.3, 0.4) is 0 Å². The number of benzene rings is 2. The minimum absolute atomic E-state index is 0.0617. The van der Waals surface area contributed by atoms with Gasteiger partial charge in [-0.2, -0.15) is 0 Å². The van der Waals surface area contributed by atoms with E-state index in [-0.39, 0.29) is 24.1 Å². The molecule has 3 amide bonds. The Kier molecular flexibility index (Phi) is 5.39. The molecule has 2 N–H and O–H groups in total. The lowest BCUT2D eigenvalue weighted by molar-refractivity contribution is -0.122. The molecule has 146 valence electrons. The van der Waals surface area contributed by atoms with Crippen LogP contribution in [0, 0.1) is 5.92 Å². The molecule has 1 aliphatic rings. The molecule has 3 aromatic rings. The average Bonchev–Trinajstić information content (AvgIpc) is 3.39. The predicted octanol–water partition coefficient (Wildman–Crippen LogP) is 3.99. The largest absolute Gasteiger partial charge is 0.326 e. The SMILES string of the molecule is O=C(Nc1cccc(NC(=O)C2CC(=O)N(c3ccccc3)C2)c1)c1cccs1. The van der Waals surface area contributed by atoms with Gasteiger partial charge in [-0.25, -0.2) is 0 Å². The maximum atomic E-state index is 12.7. The fourth-order valence-corrected chi connectivity index (χ4v) is 3.88. The number of nitrogens with one attached hydrogen (secondary N) is 2. The first-order valence-electron chi connectivity index (χ1n) is 9.21. The topological polar surface area (TPSA) is 78.5 Å². The van der Waals surface area contributed by atoms with Crippen molar-refractivity contribution in [2.45, 2.75) is 6.42 Å². The second-order valence-corrected chi connectivity index (χ2v) is 7.69. The van der Waals surface area contributed by atoms with E-state index in [1.807, 2.05) is 41.8 Å². The first-order chi connectivity index (χ1) is 14.1. The third kappa shape index (κ3) is 4.35. The summed E-state index contributed by atoms with van der Waals surface area (Å²) in [6.07, 6.45) is 0.176. The van der Waals surface area contributed by atoms with Gasteiger partial charge >= 0.3 is 0 Å². The van der Waals surface area contributed by atoms with Gasteiger partial charge in [0, 0.05) is 30.0 Å². The van der Waals surface area contributed by atoms with Crippen LogP contribution in [-0.2, 0) is 9.59 Å². The normalized spacial score (nSPS) is 15.9. The number of hydrogen-bond acceptors (Lipinski definition) is 4. The molecular weight excluding hydrogens is 386 g/mol. The van der Waals surface area contributed by atoms with E-state index in [1.54, 1.807) is 35.2 Å². The Morgan fingerprint density at radius 2 is 1.69 bits per heavy atom. The molecule has 6 nitrogen and oxygen atoms in total. The van der Waals surface area contributed by atoms with E-state index in [0.717, 1.165) is 5.69 Å². The van der Waals surface area contributed by atoms with Crippen molar-refractivity contribution >= 4 is 46.1 Å². The highest BCUT2D eigenvalue weighted by Gasteiger charge is 2.35. The molecule has 0 radical (unpaired) electrons. The number of hydrogen-bond donors (Lipinski definition) is 2. The molecule has 1 aliphatic heterocycles. The summed E-state index contributed by atoms with van der Waals surface area (Å²) in [6, 6.07) is 19.9. The van der Waals surface area contributed by atoms with Crippen molar-refractivity contribution < 1.29 is 14.4 Å². The average molecular weight is 405 g/mol. The molecule has 29 heavy (non-hydrogen) atoms. The van der Waals surface area contributed by atoms with Crippen molar-refractivity contribution in [3.8, 4) is 0 Å². The van der Waals surface area contributed by atoms with Crippen LogP contribution < -0.4 is 15.5 Å². The molecule has 7 heteroatoms. The number of carbonyl (C=O) groups is 3. The van der Waals surface area contributed by atoms with Gasteiger partial charge in [0.25, 0.3) is 5.91 Å². The van der Waals surface area contributed by atoms with Crippen LogP contribution in [0.4, 0.5) is 17.1 Å². The van der Waals surface area contributed by atoms with Crippen LogP contribution in [0.2, 0.25) is 0 Å². The van der Waals surface area contributed by atoms with Crippen LogP contribution in [0.1, 0.15) is 16.1 Å². The van der Waals surface area contributed by atoms with Crippen molar-refractivity contribution in [3.05, 3.63) is 77.0 Å².